The van der Waals surface area contributed by atoms with Gasteiger partial charge in [0.2, 0.25) is 29.0 Å². The van der Waals surface area contributed by atoms with Crippen molar-refractivity contribution < 1.29 is 23.9 Å². The van der Waals surface area contributed by atoms with E-state index >= 15 is 0 Å². The summed E-state index contributed by atoms with van der Waals surface area (Å²) in [6.07, 6.45) is -0.934. The molecule has 3 atom stereocenters. The average molecular weight is 472 g/mol. The molecule has 2 aliphatic heterocycles. The lowest BCUT2D eigenvalue weighted by Gasteiger charge is -2.27. The Kier molecular flexibility index (Phi) is 4.43. The number of aryl methyl sites for hydroxylation is 1. The van der Waals surface area contributed by atoms with Gasteiger partial charge in [0.05, 0.1) is 23.6 Å². The number of rotatable bonds is 2. The Balaban J connectivity index is 1.55. The smallest absolute Gasteiger partial charge is 0.241 e. The van der Waals surface area contributed by atoms with E-state index in [1.165, 1.54) is 0 Å². The molecule has 0 saturated carbocycles. The Morgan fingerprint density at radius 1 is 0.824 bits per heavy atom. The van der Waals surface area contributed by atoms with Crippen molar-refractivity contribution in [3.05, 3.63) is 100 Å². The first-order chi connectivity index (χ1) is 16.4. The monoisotopic (exact) mass is 471 g/mol. The number of carbonyl (C=O) groups excluding carboxylic acids is 4. The van der Waals surface area contributed by atoms with Gasteiger partial charge in [-0.05, 0) is 30.2 Å². The third kappa shape index (κ3) is 2.55. The fraction of sp³-hybridized carbons (Fsp3) is 0.185. The molecule has 2 heterocycles. The lowest BCUT2D eigenvalue weighted by atomic mass is 9.77. The van der Waals surface area contributed by atoms with Gasteiger partial charge in [0.25, 0.3) is 0 Å². The van der Waals surface area contributed by atoms with Crippen LogP contribution in [0.5, 0.6) is 0 Å². The summed E-state index contributed by atoms with van der Waals surface area (Å²) < 4.78 is 6.24. The molecule has 3 aliphatic rings. The molecule has 0 bridgehead atoms. The van der Waals surface area contributed by atoms with Gasteiger partial charge in [-0.2, -0.15) is 0 Å². The number of imide groups is 1. The number of fused-ring (bicyclic) bond motifs is 3. The van der Waals surface area contributed by atoms with Gasteiger partial charge < -0.3 is 4.74 Å². The molecule has 168 valence electrons. The maximum absolute atomic E-state index is 13.9. The van der Waals surface area contributed by atoms with Gasteiger partial charge in [0.15, 0.2) is 0 Å². The van der Waals surface area contributed by atoms with Crippen molar-refractivity contribution in [2.75, 3.05) is 4.90 Å². The zero-order valence-electron chi connectivity index (χ0n) is 18.0. The molecule has 2 saturated heterocycles. The highest BCUT2D eigenvalue weighted by atomic mass is 35.5. The van der Waals surface area contributed by atoms with E-state index in [0.29, 0.717) is 16.3 Å². The molecule has 3 aromatic carbocycles. The lowest BCUT2D eigenvalue weighted by Crippen LogP contribution is -2.51. The van der Waals surface area contributed by atoms with Crippen LogP contribution >= 0.6 is 11.6 Å². The number of amides is 2. The summed E-state index contributed by atoms with van der Waals surface area (Å²) in [6.45, 7) is 1.82. The number of hydrogen-bond donors (Lipinski definition) is 0. The fourth-order valence-electron chi connectivity index (χ4n) is 5.44. The zero-order chi connectivity index (χ0) is 23.8. The van der Waals surface area contributed by atoms with Crippen LogP contribution in [0.4, 0.5) is 5.69 Å². The largest absolute Gasteiger partial charge is 0.349 e. The minimum Gasteiger partial charge on any atom is -0.349 e. The van der Waals surface area contributed by atoms with E-state index in [-0.39, 0.29) is 11.1 Å². The standard InChI is InChI=1S/C27H18ClNO5/c1-14-11-12-16(13-19(14)28)29-25(32)20-21(26(29)33)27(34-22(20)15-7-3-2-4-8-15)23(30)17-9-5-6-10-18(17)24(27)31/h2-13,20-22H,1H3/t20-,21-,22+/m0/s1. The van der Waals surface area contributed by atoms with Crippen molar-refractivity contribution in [3.8, 4) is 0 Å². The molecule has 3 aromatic rings. The highest BCUT2D eigenvalue weighted by Gasteiger charge is 2.74. The van der Waals surface area contributed by atoms with E-state index < -0.39 is 46.9 Å². The Morgan fingerprint density at radius 3 is 2.06 bits per heavy atom. The number of carbonyl (C=O) groups is 4. The molecule has 6 rings (SSSR count). The van der Waals surface area contributed by atoms with E-state index in [0.717, 1.165) is 10.5 Å². The number of Topliss-reactive ketones (excluding diaryl/α,β-unsaturated/α-hetero) is 2. The summed E-state index contributed by atoms with van der Waals surface area (Å²) in [4.78, 5) is 56.1. The lowest BCUT2D eigenvalue weighted by molar-refractivity contribution is -0.127. The van der Waals surface area contributed by atoms with E-state index in [1.807, 2.05) is 13.0 Å². The molecule has 0 N–H and O–H groups in total. The molecule has 0 aromatic heterocycles. The van der Waals surface area contributed by atoms with Crippen LogP contribution in [-0.4, -0.2) is 29.0 Å². The van der Waals surface area contributed by atoms with Crippen LogP contribution < -0.4 is 4.90 Å². The quantitative estimate of drug-likeness (QED) is 0.410. The number of benzene rings is 3. The second-order valence-corrected chi connectivity index (χ2v) is 9.24. The molecular formula is C27H18ClNO5. The maximum Gasteiger partial charge on any atom is 0.241 e. The molecule has 2 amide bonds. The van der Waals surface area contributed by atoms with Crippen LogP contribution in [0.1, 0.15) is 37.9 Å². The second kappa shape index (κ2) is 7.19. The van der Waals surface area contributed by atoms with Crippen LogP contribution in [-0.2, 0) is 14.3 Å². The van der Waals surface area contributed by atoms with Gasteiger partial charge in [0.1, 0.15) is 0 Å². The molecule has 6 nitrogen and oxygen atoms in total. The molecule has 1 spiro atoms. The first-order valence-electron chi connectivity index (χ1n) is 10.9. The fourth-order valence-corrected chi connectivity index (χ4v) is 5.61. The van der Waals surface area contributed by atoms with Gasteiger partial charge in [0, 0.05) is 16.1 Å². The van der Waals surface area contributed by atoms with Crippen molar-refractivity contribution in [3.63, 3.8) is 0 Å². The van der Waals surface area contributed by atoms with Crippen LogP contribution in [0.25, 0.3) is 0 Å². The highest BCUT2D eigenvalue weighted by Crippen LogP contribution is 2.57. The van der Waals surface area contributed by atoms with Gasteiger partial charge in [-0.1, -0.05) is 72.3 Å². The molecule has 34 heavy (non-hydrogen) atoms. The van der Waals surface area contributed by atoms with Crippen molar-refractivity contribution >= 4 is 40.7 Å². The predicted molar refractivity (Wildman–Crippen MR) is 124 cm³/mol. The number of ether oxygens (including phenoxy) is 1. The van der Waals surface area contributed by atoms with Crippen LogP contribution in [0.3, 0.4) is 0 Å². The van der Waals surface area contributed by atoms with Gasteiger partial charge >= 0.3 is 0 Å². The van der Waals surface area contributed by atoms with E-state index in [4.69, 9.17) is 16.3 Å². The Morgan fingerprint density at radius 2 is 1.44 bits per heavy atom. The first-order valence-corrected chi connectivity index (χ1v) is 11.3. The Bertz CT molecular complexity index is 1380. The average Bonchev–Trinajstić information content (AvgIpc) is 3.42. The number of anilines is 1. The zero-order valence-corrected chi connectivity index (χ0v) is 18.8. The minimum absolute atomic E-state index is 0.206. The molecule has 2 fully saturated rings. The van der Waals surface area contributed by atoms with Gasteiger partial charge in [-0.3, -0.25) is 19.2 Å². The van der Waals surface area contributed by atoms with Crippen molar-refractivity contribution in [1.29, 1.82) is 0 Å². The van der Waals surface area contributed by atoms with Crippen molar-refractivity contribution in [2.24, 2.45) is 11.8 Å². The third-order valence-electron chi connectivity index (χ3n) is 7.06. The number of ketones is 2. The molecule has 0 radical (unpaired) electrons. The summed E-state index contributed by atoms with van der Waals surface area (Å²) >= 11 is 6.28. The number of hydrogen-bond acceptors (Lipinski definition) is 5. The Hall–Kier alpha value is -3.61. The Labute approximate surface area is 200 Å². The predicted octanol–water partition coefficient (Wildman–Crippen LogP) is 4.34. The van der Waals surface area contributed by atoms with Crippen molar-refractivity contribution in [1.82, 2.24) is 0 Å². The van der Waals surface area contributed by atoms with E-state index in [1.54, 1.807) is 66.7 Å². The number of nitrogens with zero attached hydrogens (tertiary/aromatic N) is 1. The van der Waals surface area contributed by atoms with Crippen LogP contribution in [0.15, 0.2) is 72.8 Å². The molecule has 7 heteroatoms. The number of halogens is 1. The summed E-state index contributed by atoms with van der Waals surface area (Å²) in [7, 11) is 0. The molecular weight excluding hydrogens is 454 g/mol. The van der Waals surface area contributed by atoms with Crippen LogP contribution in [0, 0.1) is 18.8 Å². The summed E-state index contributed by atoms with van der Waals surface area (Å²) in [5.74, 6) is -4.62. The minimum atomic E-state index is -2.08. The molecule has 0 unspecified atom stereocenters. The van der Waals surface area contributed by atoms with Gasteiger partial charge in [-0.15, -0.1) is 0 Å². The van der Waals surface area contributed by atoms with E-state index in [2.05, 4.69) is 0 Å². The highest BCUT2D eigenvalue weighted by molar-refractivity contribution is 6.37. The van der Waals surface area contributed by atoms with Crippen molar-refractivity contribution in [2.45, 2.75) is 18.6 Å². The van der Waals surface area contributed by atoms with Gasteiger partial charge in [-0.25, -0.2) is 4.90 Å². The summed E-state index contributed by atoms with van der Waals surface area (Å²) in [6, 6.07) is 20.2. The normalized spacial score (nSPS) is 24.8. The topological polar surface area (TPSA) is 80.8 Å². The van der Waals surface area contributed by atoms with Crippen LogP contribution in [0.2, 0.25) is 5.02 Å². The SMILES string of the molecule is Cc1ccc(N2C(=O)[C@@H]3[C@@H](c4ccccc4)OC4(C(=O)c5ccccc5C4=O)[C@@H]3C2=O)cc1Cl. The molecule has 1 aliphatic carbocycles. The first kappa shape index (κ1) is 21.0. The van der Waals surface area contributed by atoms with E-state index in [9.17, 15) is 19.2 Å². The third-order valence-corrected chi connectivity index (χ3v) is 7.47. The second-order valence-electron chi connectivity index (χ2n) is 8.84. The summed E-state index contributed by atoms with van der Waals surface area (Å²) in [5, 5.41) is 0.404. The summed E-state index contributed by atoms with van der Waals surface area (Å²) in [5.41, 5.74) is 0.0517. The maximum atomic E-state index is 13.9.